The van der Waals surface area contributed by atoms with Crippen molar-refractivity contribution in [1.29, 1.82) is 0 Å². The molecular formula is C14H20Cl2N2O. The van der Waals surface area contributed by atoms with Crippen LogP contribution in [-0.4, -0.2) is 30.4 Å². The molecule has 106 valence electrons. The molecule has 0 radical (unpaired) electrons. The van der Waals surface area contributed by atoms with Crippen molar-refractivity contribution in [2.75, 3.05) is 13.6 Å². The van der Waals surface area contributed by atoms with E-state index in [1.54, 1.807) is 24.1 Å². The summed E-state index contributed by atoms with van der Waals surface area (Å²) in [5, 5.41) is 4.27. The number of hydrogen-bond acceptors (Lipinski definition) is 2. The molecule has 0 aliphatic carbocycles. The summed E-state index contributed by atoms with van der Waals surface area (Å²) >= 11 is 11.8. The van der Waals surface area contributed by atoms with Crippen molar-refractivity contribution in [3.05, 3.63) is 33.8 Å². The number of carbonyl (C=O) groups is 1. The number of nitrogens with one attached hydrogen (secondary N) is 1. The zero-order chi connectivity index (χ0) is 14.4. The van der Waals surface area contributed by atoms with Gasteiger partial charge in [-0.3, -0.25) is 4.79 Å². The Morgan fingerprint density at radius 1 is 1.32 bits per heavy atom. The Balaban J connectivity index is 2.47. The quantitative estimate of drug-likeness (QED) is 0.874. The van der Waals surface area contributed by atoms with Gasteiger partial charge in [0.1, 0.15) is 0 Å². The zero-order valence-corrected chi connectivity index (χ0v) is 13.1. The van der Waals surface area contributed by atoms with E-state index in [0.717, 1.165) is 5.56 Å². The Kier molecular flexibility index (Phi) is 6.63. The Morgan fingerprint density at radius 2 is 2.00 bits per heavy atom. The van der Waals surface area contributed by atoms with Crippen molar-refractivity contribution in [3.8, 4) is 0 Å². The summed E-state index contributed by atoms with van der Waals surface area (Å²) in [5.74, 6) is 0.110. The van der Waals surface area contributed by atoms with E-state index in [-0.39, 0.29) is 5.91 Å². The van der Waals surface area contributed by atoms with Crippen LogP contribution >= 0.6 is 23.2 Å². The first-order chi connectivity index (χ1) is 8.90. The lowest BCUT2D eigenvalue weighted by Gasteiger charge is -2.18. The van der Waals surface area contributed by atoms with Crippen LogP contribution in [0, 0.1) is 0 Å². The zero-order valence-electron chi connectivity index (χ0n) is 11.5. The van der Waals surface area contributed by atoms with Gasteiger partial charge in [-0.25, -0.2) is 0 Å². The largest absolute Gasteiger partial charge is 0.341 e. The first-order valence-electron chi connectivity index (χ1n) is 6.31. The summed E-state index contributed by atoms with van der Waals surface area (Å²) < 4.78 is 0. The predicted octanol–water partition coefficient (Wildman–Crippen LogP) is 3.34. The number of benzene rings is 1. The van der Waals surface area contributed by atoms with Gasteiger partial charge in [0.05, 0.1) is 10.0 Å². The molecule has 1 aromatic rings. The monoisotopic (exact) mass is 302 g/mol. The van der Waals surface area contributed by atoms with Crippen molar-refractivity contribution in [2.24, 2.45) is 0 Å². The van der Waals surface area contributed by atoms with Crippen molar-refractivity contribution >= 4 is 29.1 Å². The van der Waals surface area contributed by atoms with Gasteiger partial charge in [0.2, 0.25) is 5.91 Å². The SMILES string of the molecule is CC(C)NCCC(=O)N(C)Cc1ccc(Cl)c(Cl)c1. The molecule has 1 aromatic carbocycles. The van der Waals surface area contributed by atoms with Crippen LogP contribution in [0.3, 0.4) is 0 Å². The molecule has 0 aliphatic heterocycles. The van der Waals surface area contributed by atoms with E-state index in [0.29, 0.717) is 35.6 Å². The number of rotatable bonds is 6. The van der Waals surface area contributed by atoms with Gasteiger partial charge in [0.15, 0.2) is 0 Å². The van der Waals surface area contributed by atoms with Gasteiger partial charge in [-0.05, 0) is 17.7 Å². The Labute approximate surface area is 124 Å². The number of hydrogen-bond donors (Lipinski definition) is 1. The molecule has 0 spiro atoms. The summed E-state index contributed by atoms with van der Waals surface area (Å²) in [7, 11) is 1.79. The lowest BCUT2D eigenvalue weighted by atomic mass is 10.2. The third kappa shape index (κ3) is 5.81. The predicted molar refractivity (Wildman–Crippen MR) is 80.7 cm³/mol. The highest BCUT2D eigenvalue weighted by Crippen LogP contribution is 2.23. The Bertz CT molecular complexity index is 435. The molecule has 0 heterocycles. The fourth-order valence-electron chi connectivity index (χ4n) is 1.66. The lowest BCUT2D eigenvalue weighted by Crippen LogP contribution is -2.31. The molecule has 1 N–H and O–H groups in total. The Morgan fingerprint density at radius 3 is 2.58 bits per heavy atom. The molecule has 0 aromatic heterocycles. The summed E-state index contributed by atoms with van der Waals surface area (Å²) in [6, 6.07) is 5.82. The maximum atomic E-state index is 11.9. The number of nitrogens with zero attached hydrogens (tertiary/aromatic N) is 1. The number of carbonyl (C=O) groups excluding carboxylic acids is 1. The maximum Gasteiger partial charge on any atom is 0.223 e. The molecule has 0 aliphatic rings. The fourth-order valence-corrected chi connectivity index (χ4v) is 1.98. The van der Waals surface area contributed by atoms with E-state index < -0.39 is 0 Å². The van der Waals surface area contributed by atoms with Crippen LogP contribution in [0.1, 0.15) is 25.8 Å². The molecule has 3 nitrogen and oxygen atoms in total. The van der Waals surface area contributed by atoms with E-state index in [9.17, 15) is 4.79 Å². The molecule has 0 saturated heterocycles. The second-order valence-electron chi connectivity index (χ2n) is 4.86. The average molecular weight is 303 g/mol. The summed E-state index contributed by atoms with van der Waals surface area (Å²) in [6.45, 7) is 5.35. The third-order valence-corrected chi connectivity index (χ3v) is 3.46. The van der Waals surface area contributed by atoms with Crippen LogP contribution < -0.4 is 5.32 Å². The van der Waals surface area contributed by atoms with Crippen molar-refractivity contribution in [1.82, 2.24) is 10.2 Å². The second-order valence-corrected chi connectivity index (χ2v) is 5.67. The smallest absolute Gasteiger partial charge is 0.223 e. The molecule has 0 atom stereocenters. The topological polar surface area (TPSA) is 32.3 Å². The van der Waals surface area contributed by atoms with Gasteiger partial charge in [0.25, 0.3) is 0 Å². The average Bonchev–Trinajstić information content (AvgIpc) is 2.33. The summed E-state index contributed by atoms with van der Waals surface area (Å²) in [5.41, 5.74) is 0.974. The van der Waals surface area contributed by atoms with Crippen molar-refractivity contribution < 1.29 is 4.79 Å². The first kappa shape index (κ1) is 16.3. The van der Waals surface area contributed by atoms with Gasteiger partial charge in [0, 0.05) is 32.6 Å². The highest BCUT2D eigenvalue weighted by molar-refractivity contribution is 6.42. The second kappa shape index (κ2) is 7.73. The van der Waals surface area contributed by atoms with Gasteiger partial charge in [-0.15, -0.1) is 0 Å². The van der Waals surface area contributed by atoms with Crippen LogP contribution in [0.2, 0.25) is 10.0 Å². The maximum absolute atomic E-state index is 11.9. The summed E-state index contributed by atoms with van der Waals surface area (Å²) in [4.78, 5) is 13.6. The van der Waals surface area contributed by atoms with Crippen LogP contribution in [0.4, 0.5) is 0 Å². The first-order valence-corrected chi connectivity index (χ1v) is 7.07. The van der Waals surface area contributed by atoms with E-state index in [2.05, 4.69) is 19.2 Å². The highest BCUT2D eigenvalue weighted by Gasteiger charge is 2.10. The molecule has 1 amide bonds. The van der Waals surface area contributed by atoms with Gasteiger partial charge >= 0.3 is 0 Å². The minimum absolute atomic E-state index is 0.110. The van der Waals surface area contributed by atoms with Crippen LogP contribution in [0.15, 0.2) is 18.2 Å². The normalized spacial score (nSPS) is 10.8. The molecular weight excluding hydrogens is 283 g/mol. The van der Waals surface area contributed by atoms with E-state index >= 15 is 0 Å². The van der Waals surface area contributed by atoms with Gasteiger partial charge < -0.3 is 10.2 Å². The minimum Gasteiger partial charge on any atom is -0.341 e. The number of amides is 1. The molecule has 0 bridgehead atoms. The van der Waals surface area contributed by atoms with E-state index in [4.69, 9.17) is 23.2 Å². The van der Waals surface area contributed by atoms with Crippen molar-refractivity contribution in [2.45, 2.75) is 32.9 Å². The minimum atomic E-state index is 0.110. The Hall–Kier alpha value is -0.770. The van der Waals surface area contributed by atoms with E-state index in [1.165, 1.54) is 0 Å². The molecule has 0 unspecified atom stereocenters. The standard InChI is InChI=1S/C14H20Cl2N2O/c1-10(2)17-7-6-14(19)18(3)9-11-4-5-12(15)13(16)8-11/h4-5,8,10,17H,6-7,9H2,1-3H3. The van der Waals surface area contributed by atoms with Gasteiger partial charge in [-0.2, -0.15) is 0 Å². The third-order valence-electron chi connectivity index (χ3n) is 2.72. The van der Waals surface area contributed by atoms with Gasteiger partial charge in [-0.1, -0.05) is 43.1 Å². The van der Waals surface area contributed by atoms with Crippen LogP contribution in [0.5, 0.6) is 0 Å². The number of halogens is 2. The summed E-state index contributed by atoms with van der Waals surface area (Å²) in [6.07, 6.45) is 0.496. The fraction of sp³-hybridized carbons (Fsp3) is 0.500. The highest BCUT2D eigenvalue weighted by atomic mass is 35.5. The molecule has 0 saturated carbocycles. The molecule has 19 heavy (non-hydrogen) atoms. The molecule has 5 heteroatoms. The van der Waals surface area contributed by atoms with Crippen LogP contribution in [-0.2, 0) is 11.3 Å². The van der Waals surface area contributed by atoms with Crippen molar-refractivity contribution in [3.63, 3.8) is 0 Å². The lowest BCUT2D eigenvalue weighted by molar-refractivity contribution is -0.130. The molecule has 1 rings (SSSR count). The molecule has 0 fully saturated rings. The van der Waals surface area contributed by atoms with Crippen LogP contribution in [0.25, 0.3) is 0 Å². The van der Waals surface area contributed by atoms with E-state index in [1.807, 2.05) is 6.07 Å².